The number of nitrogens with zero attached hydrogens (tertiary/aromatic N) is 3. The zero-order chi connectivity index (χ0) is 35.1. The van der Waals surface area contributed by atoms with E-state index in [1.807, 2.05) is 64.2 Å². The number of nitrogens with one attached hydrogen (secondary N) is 4. The number of carbonyl (C=O) groups excluding carboxylic acids is 2. The number of alkyl carbamates (subject to hydrolysis) is 2. The molecule has 11 heteroatoms. The maximum atomic E-state index is 13.3. The highest BCUT2D eigenvalue weighted by Crippen LogP contribution is 2.37. The van der Waals surface area contributed by atoms with E-state index in [0.29, 0.717) is 18.8 Å². The average molecular weight is 668 g/mol. The molecule has 0 unspecified atom stereocenters. The normalized spacial score (nSPS) is 13.2. The Morgan fingerprint density at radius 2 is 1.27 bits per heavy atom. The summed E-state index contributed by atoms with van der Waals surface area (Å²) in [5.74, 6) is 0.800. The largest absolute Gasteiger partial charge is 0.444 e. The van der Waals surface area contributed by atoms with Crippen LogP contribution in [0.2, 0.25) is 0 Å². The van der Waals surface area contributed by atoms with Gasteiger partial charge in [0.05, 0.1) is 11.7 Å². The second kappa shape index (κ2) is 15.0. The molecule has 5 rings (SSSR count). The SMILES string of the molecule is CC(C)(C)OC(=O)NC(NC(=O)OC(C)(C)C)N(CCNC(c1ccccc1)(c1ccccc1)c1ccccc1)c1cnn2c1NCCC2. The van der Waals surface area contributed by atoms with Gasteiger partial charge < -0.3 is 19.7 Å². The first-order valence-electron chi connectivity index (χ1n) is 16.8. The standard InChI is InChI=1S/C38H49N7O4/c1-36(2,3)48-34(46)42-33(43-35(47)49-37(4,5)6)44(31-27-41-45-25-16-23-39-32(31)45)26-24-40-38(28-17-10-7-11-18-28,29-19-12-8-13-20-29)30-21-14-9-15-22-30/h7-15,17-22,27,33,39-40H,16,23-26H2,1-6H3,(H,42,46)(H,43,47). The third-order valence-electron chi connectivity index (χ3n) is 7.95. The fraction of sp³-hybridized carbons (Fsp3) is 0.395. The molecular weight excluding hydrogens is 618 g/mol. The minimum atomic E-state index is -1.05. The van der Waals surface area contributed by atoms with Crippen LogP contribution in [0.25, 0.3) is 0 Å². The fourth-order valence-electron chi connectivity index (χ4n) is 6.03. The van der Waals surface area contributed by atoms with Crippen molar-refractivity contribution in [3.05, 3.63) is 114 Å². The van der Waals surface area contributed by atoms with Crippen LogP contribution >= 0.6 is 0 Å². The number of amides is 2. The summed E-state index contributed by atoms with van der Waals surface area (Å²) in [6, 6.07) is 31.0. The highest BCUT2D eigenvalue weighted by molar-refractivity contribution is 5.74. The van der Waals surface area contributed by atoms with Crippen LogP contribution in [-0.4, -0.2) is 59.1 Å². The number of anilines is 2. The number of benzene rings is 3. The zero-order valence-corrected chi connectivity index (χ0v) is 29.3. The second-order valence-corrected chi connectivity index (χ2v) is 14.0. The van der Waals surface area contributed by atoms with Crippen molar-refractivity contribution in [1.29, 1.82) is 0 Å². The molecule has 0 fully saturated rings. The lowest BCUT2D eigenvalue weighted by Gasteiger charge is -2.39. The van der Waals surface area contributed by atoms with Crippen molar-refractivity contribution in [2.45, 2.75) is 77.5 Å². The van der Waals surface area contributed by atoms with Gasteiger partial charge in [-0.25, -0.2) is 14.3 Å². The van der Waals surface area contributed by atoms with Gasteiger partial charge >= 0.3 is 12.2 Å². The highest BCUT2D eigenvalue weighted by atomic mass is 16.6. The third-order valence-corrected chi connectivity index (χ3v) is 7.95. The quantitative estimate of drug-likeness (QED) is 0.107. The monoisotopic (exact) mass is 667 g/mol. The Bertz CT molecular complexity index is 1540. The van der Waals surface area contributed by atoms with Crippen molar-refractivity contribution < 1.29 is 19.1 Å². The molecule has 1 aliphatic heterocycles. The number of hydrogen-bond donors (Lipinski definition) is 4. The molecule has 2 amide bonds. The van der Waals surface area contributed by atoms with Crippen LogP contribution in [0.4, 0.5) is 21.1 Å². The molecule has 0 bridgehead atoms. The molecule has 1 aromatic heterocycles. The minimum absolute atomic E-state index is 0.338. The predicted molar refractivity (Wildman–Crippen MR) is 192 cm³/mol. The molecule has 0 spiro atoms. The third kappa shape index (κ3) is 8.91. The second-order valence-electron chi connectivity index (χ2n) is 14.0. The van der Waals surface area contributed by atoms with E-state index in [2.05, 4.69) is 62.8 Å². The van der Waals surface area contributed by atoms with Gasteiger partial charge in [0.25, 0.3) is 0 Å². The van der Waals surface area contributed by atoms with Crippen LogP contribution in [-0.2, 0) is 21.6 Å². The van der Waals surface area contributed by atoms with Crippen molar-refractivity contribution in [3.63, 3.8) is 0 Å². The molecule has 2 heterocycles. The molecule has 0 saturated heterocycles. The van der Waals surface area contributed by atoms with Gasteiger partial charge in [0.2, 0.25) is 0 Å². The van der Waals surface area contributed by atoms with Crippen LogP contribution in [0.1, 0.15) is 64.7 Å². The van der Waals surface area contributed by atoms with Gasteiger partial charge in [0.15, 0.2) is 6.29 Å². The molecule has 0 saturated carbocycles. The Labute approximate surface area is 289 Å². The number of carbonyl (C=O) groups is 2. The summed E-state index contributed by atoms with van der Waals surface area (Å²) >= 11 is 0. The molecule has 4 aromatic rings. The number of hydrogen-bond acceptors (Lipinski definition) is 8. The number of aryl methyl sites for hydroxylation is 1. The van der Waals surface area contributed by atoms with E-state index in [1.165, 1.54) is 0 Å². The van der Waals surface area contributed by atoms with Gasteiger partial charge in [-0.05, 0) is 64.7 Å². The van der Waals surface area contributed by atoms with Gasteiger partial charge in [0.1, 0.15) is 22.7 Å². The highest BCUT2D eigenvalue weighted by Gasteiger charge is 2.37. The maximum Gasteiger partial charge on any atom is 0.410 e. The molecule has 3 aromatic carbocycles. The van der Waals surface area contributed by atoms with Gasteiger partial charge in [-0.3, -0.25) is 16.0 Å². The Hall–Kier alpha value is -5.03. The first kappa shape index (κ1) is 35.3. The Morgan fingerprint density at radius 3 is 1.71 bits per heavy atom. The maximum absolute atomic E-state index is 13.3. The van der Waals surface area contributed by atoms with Crippen molar-refractivity contribution in [2.75, 3.05) is 29.9 Å². The van der Waals surface area contributed by atoms with Crippen molar-refractivity contribution in [2.24, 2.45) is 0 Å². The van der Waals surface area contributed by atoms with E-state index in [0.717, 1.165) is 42.0 Å². The number of ether oxygens (including phenoxy) is 2. The lowest BCUT2D eigenvalue weighted by Crippen LogP contribution is -2.61. The number of rotatable bonds is 11. The van der Waals surface area contributed by atoms with Crippen LogP contribution in [0.5, 0.6) is 0 Å². The number of aromatic nitrogens is 2. The molecule has 11 nitrogen and oxygen atoms in total. The van der Waals surface area contributed by atoms with Gasteiger partial charge in [0, 0.05) is 26.2 Å². The summed E-state index contributed by atoms with van der Waals surface area (Å²) in [4.78, 5) is 28.5. The van der Waals surface area contributed by atoms with Crippen LogP contribution in [0, 0.1) is 0 Å². The molecule has 0 aliphatic carbocycles. The van der Waals surface area contributed by atoms with E-state index in [1.54, 1.807) is 47.7 Å². The topological polar surface area (TPSA) is 122 Å². The van der Waals surface area contributed by atoms with Gasteiger partial charge in [-0.15, -0.1) is 0 Å². The lowest BCUT2D eigenvalue weighted by molar-refractivity contribution is 0.0423. The zero-order valence-electron chi connectivity index (χ0n) is 29.3. The van der Waals surface area contributed by atoms with E-state index in [-0.39, 0.29) is 0 Å². The van der Waals surface area contributed by atoms with E-state index >= 15 is 0 Å². The average Bonchev–Trinajstić information content (AvgIpc) is 3.48. The first-order valence-corrected chi connectivity index (χ1v) is 16.8. The summed E-state index contributed by atoms with van der Waals surface area (Å²) in [5.41, 5.74) is 1.68. The number of fused-ring (bicyclic) bond motifs is 1. The smallest absolute Gasteiger partial charge is 0.410 e. The lowest BCUT2D eigenvalue weighted by atomic mass is 9.77. The van der Waals surface area contributed by atoms with Crippen molar-refractivity contribution in [1.82, 2.24) is 25.7 Å². The summed E-state index contributed by atoms with van der Waals surface area (Å²) < 4.78 is 13.2. The van der Waals surface area contributed by atoms with E-state index in [4.69, 9.17) is 9.47 Å². The van der Waals surface area contributed by atoms with Crippen LogP contribution in [0.3, 0.4) is 0 Å². The molecule has 0 atom stereocenters. The fourth-order valence-corrected chi connectivity index (χ4v) is 6.03. The first-order chi connectivity index (χ1) is 23.4. The molecule has 4 N–H and O–H groups in total. The summed E-state index contributed by atoms with van der Waals surface area (Å²) in [6.07, 6.45) is 0.260. The summed E-state index contributed by atoms with van der Waals surface area (Å²) in [5, 5.41) is 17.8. The van der Waals surface area contributed by atoms with Crippen molar-refractivity contribution in [3.8, 4) is 0 Å². The van der Waals surface area contributed by atoms with Crippen molar-refractivity contribution >= 4 is 23.7 Å². The van der Waals surface area contributed by atoms with E-state index < -0.39 is 35.2 Å². The molecule has 0 radical (unpaired) electrons. The Balaban J connectivity index is 1.56. The minimum Gasteiger partial charge on any atom is -0.444 e. The summed E-state index contributed by atoms with van der Waals surface area (Å²) in [7, 11) is 0. The molecule has 49 heavy (non-hydrogen) atoms. The van der Waals surface area contributed by atoms with E-state index in [9.17, 15) is 9.59 Å². The van der Waals surface area contributed by atoms with Gasteiger partial charge in [-0.1, -0.05) is 91.0 Å². The molecule has 1 aliphatic rings. The predicted octanol–water partition coefficient (Wildman–Crippen LogP) is 6.42. The van der Waals surface area contributed by atoms with Gasteiger partial charge in [-0.2, -0.15) is 5.10 Å². The summed E-state index contributed by atoms with van der Waals surface area (Å²) in [6.45, 7) is 13.0. The Morgan fingerprint density at radius 1 is 0.796 bits per heavy atom. The van der Waals surface area contributed by atoms with Crippen LogP contribution in [0.15, 0.2) is 97.2 Å². The van der Waals surface area contributed by atoms with Crippen LogP contribution < -0.4 is 26.2 Å². The molecule has 260 valence electrons. The molecular formula is C38H49N7O4. The Kier molecular flexibility index (Phi) is 10.8.